The highest BCUT2D eigenvalue weighted by Crippen LogP contribution is 2.24. The van der Waals surface area contributed by atoms with Gasteiger partial charge in [-0.1, -0.05) is 18.2 Å². The molecule has 0 aromatic heterocycles. The molecule has 0 aliphatic heterocycles. The molecule has 0 aliphatic rings. The third kappa shape index (κ3) is 3.37. The van der Waals surface area contributed by atoms with E-state index in [4.69, 9.17) is 16.3 Å². The number of para-hydroxylation sites is 1. The molecule has 0 fully saturated rings. The molecule has 0 saturated carbocycles. The zero-order chi connectivity index (χ0) is 12.2. The molecule has 16 heavy (non-hydrogen) atoms. The molecule has 1 rings (SSSR count). The number of hydrogen-bond donors (Lipinski definition) is 1. The lowest BCUT2D eigenvalue weighted by Gasteiger charge is -2.16. The molecule has 0 radical (unpaired) electrons. The first kappa shape index (κ1) is 13.3. The summed E-state index contributed by atoms with van der Waals surface area (Å²) in [5.74, 6) is 0.646. The average Bonchev–Trinajstić information content (AvgIpc) is 2.28. The Labute approximate surface area is 101 Å². The van der Waals surface area contributed by atoms with E-state index in [1.807, 2.05) is 12.1 Å². The largest absolute Gasteiger partial charge is 0.496 e. The lowest BCUT2D eigenvalue weighted by molar-refractivity contribution is 0.405. The third-order valence-corrected chi connectivity index (χ3v) is 3.97. The van der Waals surface area contributed by atoms with Crippen molar-refractivity contribution in [2.75, 3.05) is 12.3 Å². The molecule has 1 atom stereocenters. The Morgan fingerprint density at radius 1 is 1.44 bits per heavy atom. The van der Waals surface area contributed by atoms with Crippen LogP contribution in [0.3, 0.4) is 0 Å². The van der Waals surface area contributed by atoms with Gasteiger partial charge in [0, 0.05) is 11.6 Å². The second-order valence-electron chi connectivity index (χ2n) is 3.31. The summed E-state index contributed by atoms with van der Waals surface area (Å²) in [5.41, 5.74) is 0.777. The van der Waals surface area contributed by atoms with E-state index in [2.05, 4.69) is 4.72 Å². The van der Waals surface area contributed by atoms with Crippen LogP contribution < -0.4 is 9.46 Å². The Hall–Kier alpha value is -0.780. The van der Waals surface area contributed by atoms with Crippen LogP contribution in [0, 0.1) is 0 Å². The van der Waals surface area contributed by atoms with E-state index in [1.54, 1.807) is 26.2 Å². The molecule has 0 spiro atoms. The van der Waals surface area contributed by atoms with Crippen LogP contribution in [0.2, 0.25) is 0 Å². The monoisotopic (exact) mass is 263 g/mol. The van der Waals surface area contributed by atoms with Crippen LogP contribution >= 0.6 is 11.6 Å². The summed E-state index contributed by atoms with van der Waals surface area (Å²) >= 11 is 5.32. The summed E-state index contributed by atoms with van der Waals surface area (Å²) in [7, 11) is -1.89. The van der Waals surface area contributed by atoms with Crippen LogP contribution in [-0.2, 0) is 10.0 Å². The van der Waals surface area contributed by atoms with Crippen LogP contribution in [0.25, 0.3) is 0 Å². The minimum Gasteiger partial charge on any atom is -0.496 e. The van der Waals surface area contributed by atoms with Crippen molar-refractivity contribution in [2.45, 2.75) is 13.0 Å². The van der Waals surface area contributed by atoms with E-state index in [-0.39, 0.29) is 6.04 Å². The molecule has 0 bridgehead atoms. The number of sulfonamides is 1. The van der Waals surface area contributed by atoms with Gasteiger partial charge in [0.2, 0.25) is 10.0 Å². The lowest BCUT2D eigenvalue weighted by atomic mass is 10.1. The van der Waals surface area contributed by atoms with Gasteiger partial charge in [-0.3, -0.25) is 0 Å². The van der Waals surface area contributed by atoms with Crippen LogP contribution in [0.4, 0.5) is 0 Å². The standard InChI is InChI=1S/C10H14ClNO3S/c1-8(12-16(13,14)7-11)9-5-3-4-6-10(9)15-2/h3-6,8,12H,7H2,1-2H3. The predicted molar refractivity (Wildman–Crippen MR) is 64.2 cm³/mol. The second kappa shape index (κ2) is 5.52. The number of rotatable bonds is 5. The van der Waals surface area contributed by atoms with Crippen molar-refractivity contribution in [1.82, 2.24) is 4.72 Å². The first-order chi connectivity index (χ1) is 7.50. The number of ether oxygens (including phenoxy) is 1. The van der Waals surface area contributed by atoms with E-state index in [1.165, 1.54) is 0 Å². The molecular formula is C10H14ClNO3S. The number of benzene rings is 1. The first-order valence-electron chi connectivity index (χ1n) is 4.69. The van der Waals surface area contributed by atoms with Crippen molar-refractivity contribution in [3.63, 3.8) is 0 Å². The summed E-state index contributed by atoms with van der Waals surface area (Å²) in [6, 6.07) is 6.86. The molecule has 4 nitrogen and oxygen atoms in total. The first-order valence-corrected chi connectivity index (χ1v) is 6.87. The maximum atomic E-state index is 11.3. The Balaban J connectivity index is 2.92. The maximum absolute atomic E-state index is 11.3. The van der Waals surface area contributed by atoms with Gasteiger partial charge < -0.3 is 4.74 Å². The molecule has 1 N–H and O–H groups in total. The fourth-order valence-corrected chi connectivity index (χ4v) is 2.31. The van der Waals surface area contributed by atoms with Gasteiger partial charge in [-0.2, -0.15) is 0 Å². The molecule has 1 aromatic carbocycles. The highest BCUT2D eigenvalue weighted by Gasteiger charge is 2.17. The van der Waals surface area contributed by atoms with Crippen molar-refractivity contribution >= 4 is 21.6 Å². The molecule has 90 valence electrons. The van der Waals surface area contributed by atoms with Gasteiger partial charge in [-0.05, 0) is 13.0 Å². The SMILES string of the molecule is COc1ccccc1C(C)NS(=O)(=O)CCl. The summed E-state index contributed by atoms with van der Waals surface area (Å²) in [6.07, 6.45) is 0. The molecule has 1 aromatic rings. The van der Waals surface area contributed by atoms with Crippen LogP contribution in [-0.4, -0.2) is 20.7 Å². The molecule has 0 amide bonds. The van der Waals surface area contributed by atoms with Gasteiger partial charge >= 0.3 is 0 Å². The number of halogens is 1. The van der Waals surface area contributed by atoms with E-state index in [0.29, 0.717) is 5.75 Å². The number of hydrogen-bond acceptors (Lipinski definition) is 3. The molecule has 6 heteroatoms. The Kier molecular flexibility index (Phi) is 4.58. The molecule has 0 aliphatic carbocycles. The van der Waals surface area contributed by atoms with Crippen molar-refractivity contribution in [3.05, 3.63) is 29.8 Å². The van der Waals surface area contributed by atoms with E-state index >= 15 is 0 Å². The minimum absolute atomic E-state index is 0.375. The van der Waals surface area contributed by atoms with Gasteiger partial charge in [-0.15, -0.1) is 11.6 Å². The van der Waals surface area contributed by atoms with Gasteiger partial charge in [0.1, 0.15) is 11.0 Å². The predicted octanol–water partition coefficient (Wildman–Crippen LogP) is 1.87. The zero-order valence-electron chi connectivity index (χ0n) is 9.10. The quantitative estimate of drug-likeness (QED) is 0.825. The average molecular weight is 264 g/mol. The van der Waals surface area contributed by atoms with Crippen LogP contribution in [0.15, 0.2) is 24.3 Å². The highest BCUT2D eigenvalue weighted by molar-refractivity contribution is 7.90. The van der Waals surface area contributed by atoms with E-state index in [0.717, 1.165) is 5.56 Å². The summed E-state index contributed by atoms with van der Waals surface area (Å²) in [4.78, 5) is 0. The van der Waals surface area contributed by atoms with Gasteiger partial charge in [0.15, 0.2) is 0 Å². The smallest absolute Gasteiger partial charge is 0.226 e. The summed E-state index contributed by atoms with van der Waals surface area (Å²) < 4.78 is 30.2. The third-order valence-electron chi connectivity index (χ3n) is 2.11. The highest BCUT2D eigenvalue weighted by atomic mass is 35.5. The van der Waals surface area contributed by atoms with Crippen LogP contribution in [0.5, 0.6) is 5.75 Å². The second-order valence-corrected chi connectivity index (χ2v) is 5.64. The molecule has 0 heterocycles. The lowest BCUT2D eigenvalue weighted by Crippen LogP contribution is -2.27. The minimum atomic E-state index is -3.43. The van der Waals surface area contributed by atoms with E-state index < -0.39 is 15.2 Å². The van der Waals surface area contributed by atoms with Gasteiger partial charge in [0.05, 0.1) is 7.11 Å². The zero-order valence-corrected chi connectivity index (χ0v) is 10.7. The van der Waals surface area contributed by atoms with E-state index in [9.17, 15) is 8.42 Å². The van der Waals surface area contributed by atoms with Gasteiger partial charge in [-0.25, -0.2) is 13.1 Å². The van der Waals surface area contributed by atoms with Gasteiger partial charge in [0.25, 0.3) is 0 Å². The number of alkyl halides is 1. The Bertz CT molecular complexity index is 447. The Morgan fingerprint density at radius 3 is 2.62 bits per heavy atom. The summed E-state index contributed by atoms with van der Waals surface area (Å²) in [5, 5.41) is -0.452. The maximum Gasteiger partial charge on any atom is 0.226 e. The molecular weight excluding hydrogens is 250 g/mol. The fourth-order valence-electron chi connectivity index (χ4n) is 1.39. The van der Waals surface area contributed by atoms with Crippen molar-refractivity contribution in [2.24, 2.45) is 0 Å². The van der Waals surface area contributed by atoms with Crippen molar-refractivity contribution in [1.29, 1.82) is 0 Å². The molecule has 0 saturated heterocycles. The Morgan fingerprint density at radius 2 is 2.06 bits per heavy atom. The number of nitrogens with one attached hydrogen (secondary N) is 1. The van der Waals surface area contributed by atoms with Crippen molar-refractivity contribution < 1.29 is 13.2 Å². The number of methoxy groups -OCH3 is 1. The molecule has 1 unspecified atom stereocenters. The fraction of sp³-hybridized carbons (Fsp3) is 0.400. The van der Waals surface area contributed by atoms with Crippen molar-refractivity contribution in [3.8, 4) is 5.75 Å². The summed E-state index contributed by atoms with van der Waals surface area (Å²) in [6.45, 7) is 1.74. The van der Waals surface area contributed by atoms with Crippen LogP contribution in [0.1, 0.15) is 18.5 Å². The topological polar surface area (TPSA) is 55.4 Å². The normalized spacial score (nSPS) is 13.4.